The van der Waals surface area contributed by atoms with Gasteiger partial charge in [0.2, 0.25) is 17.7 Å². The fourth-order valence-corrected chi connectivity index (χ4v) is 3.41. The van der Waals surface area contributed by atoms with E-state index in [0.29, 0.717) is 30.8 Å². The van der Waals surface area contributed by atoms with Gasteiger partial charge >= 0.3 is 12.0 Å². The van der Waals surface area contributed by atoms with Crippen LogP contribution in [0.4, 0.5) is 10.5 Å². The van der Waals surface area contributed by atoms with E-state index in [4.69, 9.17) is 16.2 Å². The molecule has 0 aliphatic heterocycles. The average molecular weight is 550 g/mol. The zero-order valence-electron chi connectivity index (χ0n) is 23.4. The van der Waals surface area contributed by atoms with Crippen LogP contribution in [0.15, 0.2) is 24.3 Å². The number of hydrogen-bond donors (Lipinski definition) is 7. The number of amides is 5. The van der Waals surface area contributed by atoms with Gasteiger partial charge in [-0.15, -0.1) is 0 Å². The van der Waals surface area contributed by atoms with Crippen molar-refractivity contribution in [3.8, 4) is 0 Å². The summed E-state index contributed by atoms with van der Waals surface area (Å²) in [5.74, 6) is -1.93. The zero-order valence-corrected chi connectivity index (χ0v) is 23.4. The van der Waals surface area contributed by atoms with Gasteiger partial charge in [-0.3, -0.25) is 19.7 Å². The van der Waals surface area contributed by atoms with Crippen LogP contribution in [0.2, 0.25) is 0 Å². The van der Waals surface area contributed by atoms with Crippen molar-refractivity contribution < 1.29 is 28.7 Å². The smallest absolute Gasteiger partial charge is 0.338 e. The molecule has 13 nitrogen and oxygen atoms in total. The van der Waals surface area contributed by atoms with Crippen LogP contribution in [-0.4, -0.2) is 73.6 Å². The summed E-state index contributed by atoms with van der Waals surface area (Å²) in [7, 11) is 0. The van der Waals surface area contributed by atoms with E-state index in [0.717, 1.165) is 0 Å². The minimum Gasteiger partial charge on any atom is -0.456 e. The van der Waals surface area contributed by atoms with Gasteiger partial charge in [0.1, 0.15) is 11.6 Å². The minimum atomic E-state index is -0.952. The number of carbonyl (C=O) groups is 5. The molecule has 0 spiro atoms. The molecular weight excluding hydrogens is 506 g/mol. The number of nitrogens with two attached hydrogens (primary N) is 2. The Hall–Kier alpha value is -3.71. The van der Waals surface area contributed by atoms with Crippen LogP contribution in [0.1, 0.15) is 57.8 Å². The van der Waals surface area contributed by atoms with E-state index in [-0.39, 0.29) is 31.3 Å². The van der Waals surface area contributed by atoms with E-state index >= 15 is 0 Å². The summed E-state index contributed by atoms with van der Waals surface area (Å²) < 4.78 is 5.34. The van der Waals surface area contributed by atoms with Crippen molar-refractivity contribution >= 4 is 35.4 Å². The Labute approximate surface area is 229 Å². The lowest BCUT2D eigenvalue weighted by atomic mass is 10.0. The van der Waals surface area contributed by atoms with Crippen LogP contribution < -0.4 is 38.1 Å². The van der Waals surface area contributed by atoms with Gasteiger partial charge in [-0.25, -0.2) is 9.59 Å². The van der Waals surface area contributed by atoms with Crippen LogP contribution in [0.3, 0.4) is 0 Å². The van der Waals surface area contributed by atoms with Gasteiger partial charge in [-0.05, 0) is 63.8 Å². The van der Waals surface area contributed by atoms with Crippen LogP contribution in [0.25, 0.3) is 0 Å². The molecule has 1 aromatic carbocycles. The van der Waals surface area contributed by atoms with E-state index in [9.17, 15) is 24.0 Å². The highest BCUT2D eigenvalue weighted by Gasteiger charge is 2.28. The van der Waals surface area contributed by atoms with Gasteiger partial charge < -0.3 is 37.5 Å². The van der Waals surface area contributed by atoms with Crippen molar-refractivity contribution in [3.05, 3.63) is 29.8 Å². The number of benzene rings is 1. The van der Waals surface area contributed by atoms with Crippen molar-refractivity contribution in [2.75, 3.05) is 31.5 Å². The van der Waals surface area contributed by atoms with E-state index in [1.165, 1.54) is 12.1 Å². The molecule has 0 aliphatic carbocycles. The first-order valence-corrected chi connectivity index (χ1v) is 12.9. The summed E-state index contributed by atoms with van der Waals surface area (Å²) in [6.45, 7) is 9.66. The Kier molecular flexibility index (Phi) is 13.9. The highest BCUT2D eigenvalue weighted by molar-refractivity contribution is 5.98. The zero-order chi connectivity index (χ0) is 29.6. The van der Waals surface area contributed by atoms with Crippen LogP contribution in [0.5, 0.6) is 0 Å². The summed E-state index contributed by atoms with van der Waals surface area (Å²) >= 11 is 0. The van der Waals surface area contributed by atoms with Gasteiger partial charge in [0.05, 0.1) is 18.2 Å². The molecular formula is C26H43N7O6. The van der Waals surface area contributed by atoms with Gasteiger partial charge in [-0.2, -0.15) is 0 Å². The minimum absolute atomic E-state index is 0.0976. The quantitative estimate of drug-likeness (QED) is 0.118. The Morgan fingerprint density at radius 3 is 2.13 bits per heavy atom. The molecule has 5 amide bonds. The normalized spacial score (nSPS) is 12.7. The average Bonchev–Trinajstić information content (AvgIpc) is 2.83. The molecule has 1 unspecified atom stereocenters. The fourth-order valence-electron chi connectivity index (χ4n) is 3.41. The van der Waals surface area contributed by atoms with E-state index in [2.05, 4.69) is 26.6 Å². The third kappa shape index (κ3) is 13.6. The molecule has 1 aromatic rings. The number of primary amides is 1. The molecule has 39 heavy (non-hydrogen) atoms. The maximum Gasteiger partial charge on any atom is 0.338 e. The molecule has 0 aliphatic rings. The number of nitrogens with one attached hydrogen (secondary N) is 5. The molecule has 1 rings (SSSR count). The second-order valence-corrected chi connectivity index (χ2v) is 10.3. The number of ether oxygens (including phenoxy) is 1. The Balaban J connectivity index is 2.93. The Morgan fingerprint density at radius 1 is 0.949 bits per heavy atom. The van der Waals surface area contributed by atoms with E-state index < -0.39 is 41.5 Å². The molecule has 0 bridgehead atoms. The molecule has 0 saturated carbocycles. The molecule has 0 aromatic heterocycles. The topological polar surface area (TPSA) is 207 Å². The van der Waals surface area contributed by atoms with Gasteiger partial charge in [0.15, 0.2) is 0 Å². The molecule has 13 heteroatoms. The highest BCUT2D eigenvalue weighted by atomic mass is 16.6. The SMILES string of the molecule is CC(C)[C@H](NCC(=O)NCCN)C(=O)NC(CCCNC(N)=O)C(=O)Nc1ccc(C(=O)OC(C)(C)C)cc1. The van der Waals surface area contributed by atoms with Gasteiger partial charge in [0.25, 0.3) is 0 Å². The van der Waals surface area contributed by atoms with Crippen LogP contribution >= 0.6 is 0 Å². The van der Waals surface area contributed by atoms with E-state index in [1.54, 1.807) is 32.9 Å². The maximum absolute atomic E-state index is 13.1. The summed E-state index contributed by atoms with van der Waals surface area (Å²) in [5, 5.41) is 13.5. The maximum atomic E-state index is 13.1. The summed E-state index contributed by atoms with van der Waals surface area (Å²) in [6.07, 6.45) is 0.565. The first kappa shape index (κ1) is 33.3. The largest absolute Gasteiger partial charge is 0.456 e. The number of rotatable bonds is 15. The van der Waals surface area contributed by atoms with Crippen molar-refractivity contribution in [1.29, 1.82) is 0 Å². The summed E-state index contributed by atoms with van der Waals surface area (Å²) in [5.41, 5.74) is 10.6. The number of anilines is 1. The summed E-state index contributed by atoms with van der Waals surface area (Å²) in [4.78, 5) is 61.4. The number of hydrogen-bond acceptors (Lipinski definition) is 8. The van der Waals surface area contributed by atoms with Gasteiger partial charge in [0, 0.05) is 25.3 Å². The van der Waals surface area contributed by atoms with Crippen LogP contribution in [0, 0.1) is 5.92 Å². The highest BCUT2D eigenvalue weighted by Crippen LogP contribution is 2.15. The standard InChI is InChI=1S/C26H43N7O6/c1-16(2)21(31-15-20(34)29-14-12-27)23(36)33-19(7-6-13-30-25(28)38)22(35)32-18-10-8-17(9-11-18)24(37)39-26(3,4)5/h8-11,16,19,21,31H,6-7,12-15,27H2,1-5H3,(H,29,34)(H,32,35)(H,33,36)(H3,28,30,38)/t19?,21-/m0/s1. The molecule has 2 atom stereocenters. The summed E-state index contributed by atoms with van der Waals surface area (Å²) in [6, 6.07) is 3.78. The predicted molar refractivity (Wildman–Crippen MR) is 148 cm³/mol. The second-order valence-electron chi connectivity index (χ2n) is 10.3. The van der Waals surface area contributed by atoms with E-state index in [1.807, 2.05) is 13.8 Å². The third-order valence-corrected chi connectivity index (χ3v) is 5.29. The fraction of sp³-hybridized carbons (Fsp3) is 0.577. The van der Waals surface area contributed by atoms with Gasteiger partial charge in [-0.1, -0.05) is 13.8 Å². The van der Waals surface area contributed by atoms with Crippen molar-refractivity contribution in [2.24, 2.45) is 17.4 Å². The number of esters is 1. The van der Waals surface area contributed by atoms with Crippen LogP contribution in [-0.2, 0) is 19.1 Å². The Bertz CT molecular complexity index is 976. The lowest BCUT2D eigenvalue weighted by Gasteiger charge is -2.25. The lowest BCUT2D eigenvalue weighted by Crippen LogP contribution is -2.54. The second kappa shape index (κ2) is 16.3. The first-order chi connectivity index (χ1) is 18.2. The number of urea groups is 1. The molecule has 0 heterocycles. The molecule has 0 saturated heterocycles. The van der Waals surface area contributed by atoms with Crippen molar-refractivity contribution in [1.82, 2.24) is 21.3 Å². The first-order valence-electron chi connectivity index (χ1n) is 12.9. The van der Waals surface area contributed by atoms with Crippen molar-refractivity contribution in [3.63, 3.8) is 0 Å². The lowest BCUT2D eigenvalue weighted by molar-refractivity contribution is -0.129. The molecule has 0 radical (unpaired) electrons. The molecule has 9 N–H and O–H groups in total. The predicted octanol–water partition coefficient (Wildman–Crippen LogP) is 0.203. The van der Waals surface area contributed by atoms with Crippen molar-refractivity contribution in [2.45, 2.75) is 65.1 Å². The molecule has 0 fully saturated rings. The monoisotopic (exact) mass is 549 g/mol. The molecule has 218 valence electrons. The number of carbonyl (C=O) groups excluding carboxylic acids is 5. The third-order valence-electron chi connectivity index (χ3n) is 5.29. The Morgan fingerprint density at radius 2 is 1.59 bits per heavy atom.